The molecule has 1 saturated heterocycles. The first-order chi connectivity index (χ1) is 12.5. The first-order valence-corrected chi connectivity index (χ1v) is 8.61. The molecule has 2 aliphatic heterocycles. The summed E-state index contributed by atoms with van der Waals surface area (Å²) in [6.07, 6.45) is 0.683. The molecular weight excluding hydrogens is 358 g/mol. The fraction of sp³-hybridized carbons (Fsp3) is 0.647. The zero-order chi connectivity index (χ0) is 20.4. The van der Waals surface area contributed by atoms with Crippen LogP contribution in [-0.4, -0.2) is 76.9 Å². The third-order valence-electron chi connectivity index (χ3n) is 4.18. The van der Waals surface area contributed by atoms with Crippen molar-refractivity contribution in [3.8, 4) is 0 Å². The highest BCUT2D eigenvalue weighted by Crippen LogP contribution is 2.28. The maximum absolute atomic E-state index is 13.0. The minimum absolute atomic E-state index is 0.152. The molecule has 10 heteroatoms. The first kappa shape index (κ1) is 20.5. The average molecular weight is 383 g/mol. The average Bonchev–Trinajstić information content (AvgIpc) is 2.96. The Balaban J connectivity index is 2.28. The molecule has 0 bridgehead atoms. The number of aliphatic carboxylic acids is 1. The predicted molar refractivity (Wildman–Crippen MR) is 92.7 cm³/mol. The lowest BCUT2D eigenvalue weighted by Gasteiger charge is -2.35. The van der Waals surface area contributed by atoms with Crippen molar-refractivity contribution in [2.24, 2.45) is 0 Å². The zero-order valence-corrected chi connectivity index (χ0v) is 15.9. The van der Waals surface area contributed by atoms with Crippen LogP contribution in [0.4, 0.5) is 9.59 Å². The van der Waals surface area contributed by atoms with Gasteiger partial charge in [0.2, 0.25) is 0 Å². The van der Waals surface area contributed by atoms with E-state index in [1.54, 1.807) is 26.8 Å². The van der Waals surface area contributed by atoms with Crippen molar-refractivity contribution in [1.29, 1.82) is 0 Å². The highest BCUT2D eigenvalue weighted by molar-refractivity contribution is 5.92. The molecule has 3 amide bonds. The molecule has 0 saturated carbocycles. The Morgan fingerprint density at radius 1 is 1.30 bits per heavy atom. The summed E-state index contributed by atoms with van der Waals surface area (Å²) in [6, 6.07) is -2.19. The largest absolute Gasteiger partial charge is 0.480 e. The van der Waals surface area contributed by atoms with Crippen molar-refractivity contribution in [3.63, 3.8) is 0 Å². The normalized spacial score (nSPS) is 23.0. The molecule has 0 aromatic carbocycles. The Bertz CT molecular complexity index is 668. The summed E-state index contributed by atoms with van der Waals surface area (Å²) in [5.74, 6) is -1.73. The summed E-state index contributed by atoms with van der Waals surface area (Å²) < 4.78 is 9.91. The quantitative estimate of drug-likeness (QED) is 0.726. The third-order valence-corrected chi connectivity index (χ3v) is 4.18. The van der Waals surface area contributed by atoms with E-state index in [0.717, 1.165) is 0 Å². The topological polar surface area (TPSA) is 125 Å². The number of alkyl carbamates (subject to hydrolysis) is 1. The maximum Gasteiger partial charge on any atom is 0.409 e. The highest BCUT2D eigenvalue weighted by atomic mass is 16.6. The number of rotatable bonds is 2. The number of carbonyl (C=O) groups is 4. The highest BCUT2D eigenvalue weighted by Gasteiger charge is 2.42. The van der Waals surface area contributed by atoms with Crippen molar-refractivity contribution in [2.45, 2.75) is 51.3 Å². The van der Waals surface area contributed by atoms with Crippen molar-refractivity contribution in [3.05, 3.63) is 11.8 Å². The van der Waals surface area contributed by atoms with Gasteiger partial charge < -0.3 is 24.8 Å². The Morgan fingerprint density at radius 2 is 1.96 bits per heavy atom. The van der Waals surface area contributed by atoms with E-state index in [9.17, 15) is 24.3 Å². The van der Waals surface area contributed by atoms with Crippen LogP contribution in [0.15, 0.2) is 11.8 Å². The Kier molecular flexibility index (Phi) is 5.97. The second-order valence-electron chi connectivity index (χ2n) is 7.36. The van der Waals surface area contributed by atoms with Gasteiger partial charge in [-0.1, -0.05) is 6.08 Å². The molecular formula is C17H25N3O7. The fourth-order valence-corrected chi connectivity index (χ4v) is 3.04. The van der Waals surface area contributed by atoms with E-state index in [1.807, 2.05) is 0 Å². The molecule has 0 aromatic heterocycles. The minimum atomic E-state index is -1.16. The van der Waals surface area contributed by atoms with E-state index >= 15 is 0 Å². The summed E-state index contributed by atoms with van der Waals surface area (Å²) in [5.41, 5.74) is -0.268. The van der Waals surface area contributed by atoms with Gasteiger partial charge in [-0.15, -0.1) is 0 Å². The molecule has 150 valence electrons. The molecule has 10 nitrogen and oxygen atoms in total. The number of carboxylic acid groups (broad SMARTS) is 1. The minimum Gasteiger partial charge on any atom is -0.480 e. The van der Waals surface area contributed by atoms with Gasteiger partial charge in [-0.3, -0.25) is 9.69 Å². The van der Waals surface area contributed by atoms with Crippen molar-refractivity contribution in [2.75, 3.05) is 20.2 Å². The SMILES string of the molecule is COC(=O)N1CCC2=CCC(C(=O)O)N2C(=O)C(NC(=O)OC(C)(C)C)C1. The van der Waals surface area contributed by atoms with E-state index < -0.39 is 41.7 Å². The van der Waals surface area contributed by atoms with Crippen LogP contribution >= 0.6 is 0 Å². The van der Waals surface area contributed by atoms with Crippen molar-refractivity contribution < 1.29 is 33.8 Å². The number of amides is 3. The molecule has 2 rings (SSSR count). The van der Waals surface area contributed by atoms with Crippen molar-refractivity contribution in [1.82, 2.24) is 15.1 Å². The van der Waals surface area contributed by atoms with E-state index in [4.69, 9.17) is 9.47 Å². The molecule has 2 aliphatic rings. The predicted octanol–water partition coefficient (Wildman–Crippen LogP) is 0.921. The van der Waals surface area contributed by atoms with Gasteiger partial charge in [-0.05, 0) is 27.2 Å². The summed E-state index contributed by atoms with van der Waals surface area (Å²) >= 11 is 0. The molecule has 0 spiro atoms. The third kappa shape index (κ3) is 4.89. The molecule has 2 atom stereocenters. The Hall–Kier alpha value is -2.78. The fourth-order valence-electron chi connectivity index (χ4n) is 3.04. The van der Waals surface area contributed by atoms with Gasteiger partial charge in [0.05, 0.1) is 13.7 Å². The number of hydrogen-bond acceptors (Lipinski definition) is 6. The van der Waals surface area contributed by atoms with E-state index in [0.29, 0.717) is 12.1 Å². The van der Waals surface area contributed by atoms with E-state index in [1.165, 1.54) is 16.9 Å². The molecule has 2 unspecified atom stereocenters. The van der Waals surface area contributed by atoms with Gasteiger partial charge in [0.1, 0.15) is 17.7 Å². The van der Waals surface area contributed by atoms with Crippen LogP contribution in [0.3, 0.4) is 0 Å². The number of carbonyl (C=O) groups excluding carboxylic acids is 3. The van der Waals surface area contributed by atoms with E-state index in [2.05, 4.69) is 5.32 Å². The molecule has 0 radical (unpaired) electrons. The summed E-state index contributed by atoms with van der Waals surface area (Å²) in [6.45, 7) is 5.10. The molecule has 2 heterocycles. The number of ether oxygens (including phenoxy) is 2. The van der Waals surface area contributed by atoms with Gasteiger partial charge in [-0.2, -0.15) is 0 Å². The number of methoxy groups -OCH3 is 1. The van der Waals surface area contributed by atoms with Crippen LogP contribution in [0.1, 0.15) is 33.6 Å². The number of carboxylic acids is 1. The zero-order valence-electron chi connectivity index (χ0n) is 15.9. The number of fused-ring (bicyclic) bond motifs is 1. The number of nitrogens with zero attached hydrogens (tertiary/aromatic N) is 2. The van der Waals surface area contributed by atoms with Crippen LogP contribution in [0, 0.1) is 0 Å². The molecule has 2 N–H and O–H groups in total. The molecule has 27 heavy (non-hydrogen) atoms. The van der Waals surface area contributed by atoms with Gasteiger partial charge in [-0.25, -0.2) is 14.4 Å². The lowest BCUT2D eigenvalue weighted by atomic mass is 10.1. The van der Waals surface area contributed by atoms with Crippen molar-refractivity contribution >= 4 is 24.1 Å². The standard InChI is InChI=1S/C17H25N3O7/c1-17(2,3)27-15(24)18-11-9-19(16(25)26-4)8-7-10-5-6-12(14(22)23)20(10)13(11)21/h5,11-12H,6-9H2,1-4H3,(H,18,24)(H,22,23). The second-order valence-corrected chi connectivity index (χ2v) is 7.36. The molecule has 0 aromatic rings. The Morgan fingerprint density at radius 3 is 2.52 bits per heavy atom. The summed E-state index contributed by atoms with van der Waals surface area (Å²) in [7, 11) is 1.22. The molecule has 0 aliphatic carbocycles. The van der Waals surface area contributed by atoms with Crippen LogP contribution in [-0.2, 0) is 19.1 Å². The van der Waals surface area contributed by atoms with Crippen LogP contribution in [0.25, 0.3) is 0 Å². The summed E-state index contributed by atoms with van der Waals surface area (Å²) in [4.78, 5) is 51.2. The maximum atomic E-state index is 13.0. The second kappa shape index (κ2) is 7.85. The van der Waals surface area contributed by atoms with Crippen LogP contribution in [0.5, 0.6) is 0 Å². The summed E-state index contributed by atoms with van der Waals surface area (Å²) in [5, 5.41) is 11.9. The lowest BCUT2D eigenvalue weighted by molar-refractivity contribution is -0.148. The lowest BCUT2D eigenvalue weighted by Crippen LogP contribution is -2.58. The van der Waals surface area contributed by atoms with Crippen LogP contribution < -0.4 is 5.32 Å². The Labute approximate surface area is 157 Å². The van der Waals surface area contributed by atoms with Crippen LogP contribution in [0.2, 0.25) is 0 Å². The van der Waals surface area contributed by atoms with Gasteiger partial charge in [0.25, 0.3) is 5.91 Å². The number of nitrogens with one attached hydrogen (secondary N) is 1. The van der Waals surface area contributed by atoms with Gasteiger partial charge >= 0.3 is 18.2 Å². The smallest absolute Gasteiger partial charge is 0.409 e. The first-order valence-electron chi connectivity index (χ1n) is 8.61. The number of hydrogen-bond donors (Lipinski definition) is 2. The van der Waals surface area contributed by atoms with Gasteiger partial charge in [0.15, 0.2) is 0 Å². The molecule has 1 fully saturated rings. The van der Waals surface area contributed by atoms with E-state index in [-0.39, 0.29) is 19.5 Å². The monoisotopic (exact) mass is 383 g/mol. The van der Waals surface area contributed by atoms with Gasteiger partial charge in [0, 0.05) is 18.7 Å².